The van der Waals surface area contributed by atoms with Gasteiger partial charge >= 0.3 is 0 Å². The lowest BCUT2D eigenvalue weighted by molar-refractivity contribution is -0.126. The van der Waals surface area contributed by atoms with Crippen molar-refractivity contribution in [1.82, 2.24) is 15.1 Å². The van der Waals surface area contributed by atoms with Crippen molar-refractivity contribution in [1.29, 1.82) is 0 Å². The predicted molar refractivity (Wildman–Crippen MR) is 96.5 cm³/mol. The molecule has 2 atom stereocenters. The number of hydrogen-bond acceptors (Lipinski definition) is 5. The average molecular weight is 347 g/mol. The van der Waals surface area contributed by atoms with Crippen LogP contribution in [-0.4, -0.2) is 72.8 Å². The minimum Gasteiger partial charge on any atom is -0.497 e. The number of ether oxygens (including phenoxy) is 1. The highest BCUT2D eigenvalue weighted by atomic mass is 16.5. The molecule has 2 saturated heterocycles. The molecule has 6 heteroatoms. The highest BCUT2D eigenvalue weighted by Gasteiger charge is 2.40. The van der Waals surface area contributed by atoms with E-state index in [2.05, 4.69) is 27.2 Å². The molecule has 0 saturated carbocycles. The zero-order chi connectivity index (χ0) is 17.8. The molecule has 25 heavy (non-hydrogen) atoms. The molecule has 2 heterocycles. The van der Waals surface area contributed by atoms with Gasteiger partial charge in [-0.1, -0.05) is 12.1 Å². The number of likely N-dealkylation sites (N-methyl/N-ethyl adjacent to an activating group) is 1. The quantitative estimate of drug-likeness (QED) is 0.826. The smallest absolute Gasteiger partial charge is 0.237 e. The standard InChI is InChI=1S/C19H29N3O3/c1-20-19(24)18-11-16(23)13-22(18)15-7-9-21(10-8-15)12-14-3-5-17(25-2)6-4-14/h3-6,15-16,18,23H,7-13H2,1-2H3,(H,20,24)/t16-,18+/m1/s1. The van der Waals surface area contributed by atoms with E-state index in [1.807, 2.05) is 12.1 Å². The van der Waals surface area contributed by atoms with E-state index in [4.69, 9.17) is 4.74 Å². The summed E-state index contributed by atoms with van der Waals surface area (Å²) in [5.41, 5.74) is 1.29. The number of rotatable bonds is 5. The Labute approximate surface area is 149 Å². The summed E-state index contributed by atoms with van der Waals surface area (Å²) in [4.78, 5) is 16.8. The lowest BCUT2D eigenvalue weighted by atomic mass is 10.0. The van der Waals surface area contributed by atoms with Crippen molar-refractivity contribution in [2.45, 2.75) is 44.0 Å². The van der Waals surface area contributed by atoms with Crippen LogP contribution in [0.3, 0.4) is 0 Å². The van der Waals surface area contributed by atoms with Crippen LogP contribution in [0.25, 0.3) is 0 Å². The third-order valence-corrected chi connectivity index (χ3v) is 5.46. The molecule has 2 fully saturated rings. The van der Waals surface area contributed by atoms with Gasteiger partial charge in [0.25, 0.3) is 0 Å². The second-order valence-electron chi connectivity index (χ2n) is 7.07. The van der Waals surface area contributed by atoms with Gasteiger partial charge in [-0.3, -0.25) is 14.6 Å². The number of piperidine rings is 1. The molecule has 0 spiro atoms. The summed E-state index contributed by atoms with van der Waals surface area (Å²) in [5.74, 6) is 0.910. The summed E-state index contributed by atoms with van der Waals surface area (Å²) in [6, 6.07) is 8.43. The molecule has 0 radical (unpaired) electrons. The van der Waals surface area contributed by atoms with Crippen molar-refractivity contribution in [3.8, 4) is 5.75 Å². The number of carbonyl (C=O) groups is 1. The first kappa shape index (κ1) is 18.2. The van der Waals surface area contributed by atoms with Crippen LogP contribution >= 0.6 is 0 Å². The summed E-state index contributed by atoms with van der Waals surface area (Å²) in [7, 11) is 3.35. The molecule has 1 amide bonds. The lowest BCUT2D eigenvalue weighted by Gasteiger charge is -2.38. The number of nitrogens with one attached hydrogen (secondary N) is 1. The van der Waals surface area contributed by atoms with E-state index in [1.54, 1.807) is 14.2 Å². The normalized spacial score (nSPS) is 25.9. The number of β-amino-alcohol motifs (C(OH)–C–C–N with tert-alkyl or cyclic N) is 1. The van der Waals surface area contributed by atoms with Crippen molar-refractivity contribution >= 4 is 5.91 Å². The third-order valence-electron chi connectivity index (χ3n) is 5.46. The van der Waals surface area contributed by atoms with E-state index in [9.17, 15) is 9.90 Å². The van der Waals surface area contributed by atoms with Crippen molar-refractivity contribution in [2.24, 2.45) is 0 Å². The van der Waals surface area contributed by atoms with Crippen LogP contribution in [0.15, 0.2) is 24.3 Å². The largest absolute Gasteiger partial charge is 0.497 e. The highest BCUT2D eigenvalue weighted by molar-refractivity contribution is 5.81. The van der Waals surface area contributed by atoms with Gasteiger partial charge in [0.05, 0.1) is 19.3 Å². The van der Waals surface area contributed by atoms with Gasteiger partial charge in [-0.15, -0.1) is 0 Å². The number of aliphatic hydroxyl groups excluding tert-OH is 1. The fourth-order valence-corrected chi connectivity index (χ4v) is 4.06. The van der Waals surface area contributed by atoms with Gasteiger partial charge < -0.3 is 15.2 Å². The first-order chi connectivity index (χ1) is 12.1. The first-order valence-corrected chi connectivity index (χ1v) is 9.11. The SMILES string of the molecule is CNC(=O)[C@@H]1C[C@@H](O)CN1C1CCN(Cc2ccc(OC)cc2)CC1. The Hall–Kier alpha value is -1.63. The summed E-state index contributed by atoms with van der Waals surface area (Å²) in [6.07, 6.45) is 2.23. The molecule has 2 aliphatic heterocycles. The Morgan fingerprint density at radius 2 is 1.96 bits per heavy atom. The van der Waals surface area contributed by atoms with Crippen LogP contribution < -0.4 is 10.1 Å². The Kier molecular flexibility index (Phi) is 5.93. The number of nitrogens with zero attached hydrogens (tertiary/aromatic N) is 2. The summed E-state index contributed by atoms with van der Waals surface area (Å²) in [6.45, 7) is 3.59. The number of hydrogen-bond donors (Lipinski definition) is 2. The molecule has 2 aliphatic rings. The first-order valence-electron chi connectivity index (χ1n) is 9.11. The minimum atomic E-state index is -0.389. The van der Waals surface area contributed by atoms with Crippen LogP contribution in [0.1, 0.15) is 24.8 Å². The molecule has 1 aromatic rings. The van der Waals surface area contributed by atoms with Gasteiger partial charge in [-0.05, 0) is 50.0 Å². The summed E-state index contributed by atoms with van der Waals surface area (Å²) >= 11 is 0. The highest BCUT2D eigenvalue weighted by Crippen LogP contribution is 2.27. The number of methoxy groups -OCH3 is 1. The zero-order valence-corrected chi connectivity index (χ0v) is 15.1. The number of benzene rings is 1. The second kappa shape index (κ2) is 8.17. The van der Waals surface area contributed by atoms with E-state index in [0.717, 1.165) is 38.2 Å². The number of aliphatic hydroxyl groups is 1. The molecule has 3 rings (SSSR count). The monoisotopic (exact) mass is 347 g/mol. The van der Waals surface area contributed by atoms with E-state index in [0.29, 0.717) is 19.0 Å². The minimum absolute atomic E-state index is 0.0252. The molecule has 0 aromatic heterocycles. The van der Waals surface area contributed by atoms with Crippen LogP contribution in [0.4, 0.5) is 0 Å². The van der Waals surface area contributed by atoms with Gasteiger partial charge in [0.1, 0.15) is 5.75 Å². The molecule has 1 aromatic carbocycles. The fraction of sp³-hybridized carbons (Fsp3) is 0.632. The van der Waals surface area contributed by atoms with Crippen LogP contribution in [0, 0.1) is 0 Å². The maximum absolute atomic E-state index is 12.1. The van der Waals surface area contributed by atoms with Crippen LogP contribution in [-0.2, 0) is 11.3 Å². The topological polar surface area (TPSA) is 65.0 Å². The molecule has 6 nitrogen and oxygen atoms in total. The second-order valence-corrected chi connectivity index (χ2v) is 7.07. The Bertz CT molecular complexity index is 570. The molecular formula is C19H29N3O3. The van der Waals surface area contributed by atoms with Crippen molar-refractivity contribution < 1.29 is 14.6 Å². The number of amides is 1. The lowest BCUT2D eigenvalue weighted by Crippen LogP contribution is -2.50. The third kappa shape index (κ3) is 4.32. The van der Waals surface area contributed by atoms with Gasteiger partial charge in [0.2, 0.25) is 5.91 Å². The van der Waals surface area contributed by atoms with Crippen molar-refractivity contribution in [3.63, 3.8) is 0 Å². The van der Waals surface area contributed by atoms with Gasteiger partial charge in [-0.25, -0.2) is 0 Å². The number of likely N-dealkylation sites (tertiary alicyclic amines) is 2. The van der Waals surface area contributed by atoms with Crippen molar-refractivity contribution in [3.05, 3.63) is 29.8 Å². The van der Waals surface area contributed by atoms with Gasteiger partial charge in [0.15, 0.2) is 0 Å². The maximum Gasteiger partial charge on any atom is 0.237 e. The Balaban J connectivity index is 1.53. The van der Waals surface area contributed by atoms with Gasteiger partial charge in [0, 0.05) is 26.2 Å². The molecular weight excluding hydrogens is 318 g/mol. The Morgan fingerprint density at radius 1 is 1.28 bits per heavy atom. The van der Waals surface area contributed by atoms with E-state index in [1.165, 1.54) is 5.56 Å². The molecule has 0 bridgehead atoms. The Morgan fingerprint density at radius 3 is 2.56 bits per heavy atom. The summed E-state index contributed by atoms with van der Waals surface area (Å²) < 4.78 is 5.21. The molecule has 0 aliphatic carbocycles. The molecule has 2 N–H and O–H groups in total. The number of carbonyl (C=O) groups excluding carboxylic acids is 1. The zero-order valence-electron chi connectivity index (χ0n) is 15.1. The van der Waals surface area contributed by atoms with E-state index < -0.39 is 0 Å². The van der Waals surface area contributed by atoms with Crippen molar-refractivity contribution in [2.75, 3.05) is 33.8 Å². The van der Waals surface area contributed by atoms with Gasteiger partial charge in [-0.2, -0.15) is 0 Å². The fourth-order valence-electron chi connectivity index (χ4n) is 4.06. The average Bonchev–Trinajstić information content (AvgIpc) is 3.04. The maximum atomic E-state index is 12.1. The van der Waals surface area contributed by atoms with E-state index >= 15 is 0 Å². The molecule has 0 unspecified atom stereocenters. The van der Waals surface area contributed by atoms with Crippen LogP contribution in [0.2, 0.25) is 0 Å². The predicted octanol–water partition coefficient (Wildman–Crippen LogP) is 0.841. The summed E-state index contributed by atoms with van der Waals surface area (Å²) in [5, 5.41) is 12.7. The molecule has 138 valence electrons. The van der Waals surface area contributed by atoms with Crippen LogP contribution in [0.5, 0.6) is 5.75 Å². The van der Waals surface area contributed by atoms with E-state index in [-0.39, 0.29) is 18.1 Å².